The van der Waals surface area contributed by atoms with Crippen LogP contribution in [0.15, 0.2) is 0 Å². The molecule has 0 spiro atoms. The summed E-state index contributed by atoms with van der Waals surface area (Å²) in [5.74, 6) is 1.64. The molecule has 3 heteroatoms. The van der Waals surface area contributed by atoms with Crippen molar-refractivity contribution in [3.05, 3.63) is 5.32 Å². The minimum atomic E-state index is -0.0385. The molecule has 0 radical (unpaired) electrons. The molecule has 3 nitrogen and oxygen atoms in total. The Morgan fingerprint density at radius 2 is 1.94 bits per heavy atom. The summed E-state index contributed by atoms with van der Waals surface area (Å²) in [5, 5.41) is 7.70. The molecule has 0 amide bonds. The molecule has 1 saturated carbocycles. The Balaban J connectivity index is 2.10. The number of hydrogen-bond acceptors (Lipinski definition) is 2. The molecule has 0 heterocycles. The molecule has 102 valence electrons. The van der Waals surface area contributed by atoms with Crippen molar-refractivity contribution < 1.29 is 4.74 Å². The summed E-state index contributed by atoms with van der Waals surface area (Å²) in [6, 6.07) is 0. The van der Waals surface area contributed by atoms with Gasteiger partial charge in [0.15, 0.2) is 0 Å². The van der Waals surface area contributed by atoms with E-state index in [-0.39, 0.29) is 5.60 Å². The molecule has 0 aromatic rings. The van der Waals surface area contributed by atoms with E-state index < -0.39 is 0 Å². The van der Waals surface area contributed by atoms with Crippen LogP contribution in [0.4, 0.5) is 0 Å². The van der Waals surface area contributed by atoms with Gasteiger partial charge in [-0.05, 0) is 39.5 Å². The molecule has 1 fully saturated rings. The fraction of sp³-hybridized carbons (Fsp3) is 1.00. The number of ether oxygens (including phenoxy) is 1. The maximum atomic E-state index is 5.67. The largest absolute Gasteiger partial charge is 0.665 e. The molecule has 0 bridgehead atoms. The Morgan fingerprint density at radius 3 is 2.59 bits per heavy atom. The lowest BCUT2D eigenvalue weighted by atomic mass is 9.81. The van der Waals surface area contributed by atoms with E-state index in [4.69, 9.17) is 4.74 Å². The third-order valence-corrected chi connectivity index (χ3v) is 3.37. The molecule has 0 saturated heterocycles. The van der Waals surface area contributed by atoms with Gasteiger partial charge in [0, 0.05) is 6.54 Å². The van der Waals surface area contributed by atoms with Crippen molar-refractivity contribution in [3.63, 3.8) is 0 Å². The number of hydrogen-bond donors (Lipinski definition) is 1. The van der Waals surface area contributed by atoms with E-state index >= 15 is 0 Å². The summed E-state index contributed by atoms with van der Waals surface area (Å²) in [5.41, 5.74) is -0.0385. The average Bonchev–Trinajstić information content (AvgIpc) is 2.24. The van der Waals surface area contributed by atoms with Crippen LogP contribution < -0.4 is 5.32 Å². The van der Waals surface area contributed by atoms with Crippen molar-refractivity contribution in [1.82, 2.24) is 5.32 Å². The lowest BCUT2D eigenvalue weighted by Gasteiger charge is -2.33. The SMILES string of the molecule is C[N-]CC1CCCC(CNCOC(C)(C)C)C1. The topological polar surface area (TPSA) is 35.4 Å². The van der Waals surface area contributed by atoms with Gasteiger partial charge in [0.1, 0.15) is 0 Å². The Hall–Kier alpha value is -0.120. The maximum absolute atomic E-state index is 5.67. The zero-order valence-electron chi connectivity index (χ0n) is 12.0. The van der Waals surface area contributed by atoms with Gasteiger partial charge in [-0.3, -0.25) is 5.32 Å². The molecule has 17 heavy (non-hydrogen) atoms. The fourth-order valence-electron chi connectivity index (χ4n) is 2.54. The van der Waals surface area contributed by atoms with Crippen molar-refractivity contribution in [2.24, 2.45) is 11.8 Å². The van der Waals surface area contributed by atoms with Gasteiger partial charge in [-0.1, -0.05) is 18.8 Å². The van der Waals surface area contributed by atoms with Crippen LogP contribution >= 0.6 is 0 Å². The molecule has 1 rings (SSSR count). The molecular formula is C14H29N2O-. The lowest BCUT2D eigenvalue weighted by Crippen LogP contribution is -2.32. The molecule has 2 unspecified atom stereocenters. The monoisotopic (exact) mass is 241 g/mol. The third kappa shape index (κ3) is 7.02. The van der Waals surface area contributed by atoms with E-state index in [1.165, 1.54) is 25.7 Å². The molecule has 1 aliphatic rings. The van der Waals surface area contributed by atoms with E-state index in [9.17, 15) is 0 Å². The van der Waals surface area contributed by atoms with Crippen molar-refractivity contribution in [1.29, 1.82) is 0 Å². The summed E-state index contributed by atoms with van der Waals surface area (Å²) in [6.45, 7) is 9.09. The number of nitrogens with zero attached hydrogens (tertiary/aromatic N) is 1. The maximum Gasteiger partial charge on any atom is 0.0972 e. The van der Waals surface area contributed by atoms with Crippen molar-refractivity contribution >= 4 is 0 Å². The van der Waals surface area contributed by atoms with Crippen LogP contribution in [-0.4, -0.2) is 32.5 Å². The van der Waals surface area contributed by atoms with Crippen LogP contribution in [0.5, 0.6) is 0 Å². The van der Waals surface area contributed by atoms with Crippen LogP contribution in [0.2, 0.25) is 0 Å². The highest BCUT2D eigenvalue weighted by atomic mass is 16.5. The highest BCUT2D eigenvalue weighted by molar-refractivity contribution is 4.82. The van der Waals surface area contributed by atoms with Crippen LogP contribution in [0, 0.1) is 11.8 Å². The van der Waals surface area contributed by atoms with E-state index in [1.54, 1.807) is 0 Å². The molecule has 1 aliphatic carbocycles. The Morgan fingerprint density at radius 1 is 1.24 bits per heavy atom. The molecule has 2 atom stereocenters. The highest BCUT2D eigenvalue weighted by Crippen LogP contribution is 2.29. The van der Waals surface area contributed by atoms with Gasteiger partial charge >= 0.3 is 0 Å². The van der Waals surface area contributed by atoms with E-state index in [1.807, 2.05) is 7.05 Å². The summed E-state index contributed by atoms with van der Waals surface area (Å²) in [6.07, 6.45) is 5.43. The second-order valence-corrected chi connectivity index (χ2v) is 6.25. The van der Waals surface area contributed by atoms with Crippen LogP contribution in [-0.2, 0) is 4.74 Å². The molecule has 0 aliphatic heterocycles. The van der Waals surface area contributed by atoms with Crippen molar-refractivity contribution in [3.8, 4) is 0 Å². The predicted octanol–water partition coefficient (Wildman–Crippen LogP) is 3.16. The standard InChI is InChI=1S/C14H29N2O/c1-14(2,3)17-11-16-10-13-7-5-6-12(8-13)9-15-4/h12-13,16H,5-11H2,1-4H3/q-1. The van der Waals surface area contributed by atoms with Gasteiger partial charge in [-0.2, -0.15) is 7.05 Å². The summed E-state index contributed by atoms with van der Waals surface area (Å²) >= 11 is 0. The van der Waals surface area contributed by atoms with Gasteiger partial charge in [0.05, 0.1) is 12.3 Å². The zero-order valence-corrected chi connectivity index (χ0v) is 12.0. The smallest absolute Gasteiger partial charge is 0.0972 e. The predicted molar refractivity (Wildman–Crippen MR) is 73.3 cm³/mol. The van der Waals surface area contributed by atoms with Gasteiger partial charge in [-0.15, -0.1) is 6.54 Å². The Kier molecular flexibility index (Phi) is 6.45. The second kappa shape index (κ2) is 7.34. The van der Waals surface area contributed by atoms with E-state index in [0.29, 0.717) is 6.73 Å². The summed E-state index contributed by atoms with van der Waals surface area (Å²) in [7, 11) is 1.93. The van der Waals surface area contributed by atoms with Crippen molar-refractivity contribution in [2.75, 3.05) is 26.9 Å². The Bertz CT molecular complexity index is 199. The first-order chi connectivity index (χ1) is 8.01. The van der Waals surface area contributed by atoms with E-state index in [0.717, 1.165) is 24.9 Å². The minimum Gasteiger partial charge on any atom is -0.665 e. The lowest BCUT2D eigenvalue weighted by molar-refractivity contribution is -0.0150. The zero-order chi connectivity index (χ0) is 12.7. The molecule has 0 aromatic carbocycles. The third-order valence-electron chi connectivity index (χ3n) is 3.37. The van der Waals surface area contributed by atoms with Crippen LogP contribution in [0.25, 0.3) is 5.32 Å². The summed E-state index contributed by atoms with van der Waals surface area (Å²) < 4.78 is 5.67. The van der Waals surface area contributed by atoms with Crippen LogP contribution in [0.1, 0.15) is 46.5 Å². The van der Waals surface area contributed by atoms with Crippen LogP contribution in [0.3, 0.4) is 0 Å². The number of rotatable bonds is 6. The molecule has 0 aromatic heterocycles. The summed E-state index contributed by atoms with van der Waals surface area (Å²) in [4.78, 5) is 0. The normalized spacial score (nSPS) is 26.1. The molecule has 1 N–H and O–H groups in total. The van der Waals surface area contributed by atoms with Gasteiger partial charge < -0.3 is 10.1 Å². The molecular weight excluding hydrogens is 212 g/mol. The van der Waals surface area contributed by atoms with Crippen molar-refractivity contribution in [2.45, 2.75) is 52.1 Å². The number of nitrogens with one attached hydrogen (secondary N) is 1. The highest BCUT2D eigenvalue weighted by Gasteiger charge is 2.19. The average molecular weight is 241 g/mol. The van der Waals surface area contributed by atoms with Gasteiger partial charge in [0.2, 0.25) is 0 Å². The first-order valence-electron chi connectivity index (χ1n) is 6.91. The second-order valence-electron chi connectivity index (χ2n) is 6.25. The first kappa shape index (κ1) is 14.9. The quantitative estimate of drug-likeness (QED) is 0.572. The fourth-order valence-corrected chi connectivity index (χ4v) is 2.54. The van der Waals surface area contributed by atoms with Gasteiger partial charge in [0.25, 0.3) is 0 Å². The van der Waals surface area contributed by atoms with Gasteiger partial charge in [-0.25, -0.2) is 0 Å². The van der Waals surface area contributed by atoms with E-state index in [2.05, 4.69) is 31.4 Å². The minimum absolute atomic E-state index is 0.0385. The Labute approximate surface area is 107 Å². The first-order valence-corrected chi connectivity index (χ1v) is 6.91.